The number of carbonyl (C=O) groups is 2. The van der Waals surface area contributed by atoms with Gasteiger partial charge < -0.3 is 10.6 Å². The number of thioether (sulfide) groups is 1. The molecule has 4 aromatic rings. The van der Waals surface area contributed by atoms with Gasteiger partial charge in [0.2, 0.25) is 5.91 Å². The summed E-state index contributed by atoms with van der Waals surface area (Å²) in [5.41, 5.74) is 0.953. The molecule has 0 spiro atoms. The van der Waals surface area contributed by atoms with Gasteiger partial charge in [0.25, 0.3) is 5.91 Å². The van der Waals surface area contributed by atoms with Crippen LogP contribution in [0.3, 0.4) is 0 Å². The van der Waals surface area contributed by atoms with Crippen molar-refractivity contribution in [2.24, 2.45) is 0 Å². The Morgan fingerprint density at radius 1 is 0.946 bits per heavy atom. The van der Waals surface area contributed by atoms with Crippen LogP contribution in [0.1, 0.15) is 27.3 Å². The lowest BCUT2D eigenvalue weighted by atomic mass is 10.1. The number of anilines is 1. The highest BCUT2D eigenvalue weighted by atomic mass is 32.2. The van der Waals surface area contributed by atoms with E-state index in [1.165, 1.54) is 18.2 Å². The number of nitrogens with one attached hydrogen (secondary N) is 2. The number of aromatic nitrogens is 3. The zero-order valence-electron chi connectivity index (χ0n) is 19.6. The number of alkyl halides is 3. The Kier molecular flexibility index (Phi) is 7.92. The minimum Gasteiger partial charge on any atom is -0.345 e. The molecule has 11 heteroatoms. The molecule has 2 amide bonds. The summed E-state index contributed by atoms with van der Waals surface area (Å²) in [6, 6.07) is 21.0. The topological polar surface area (TPSA) is 88.9 Å². The number of nitrogens with zero attached hydrogens (tertiary/aromatic N) is 3. The summed E-state index contributed by atoms with van der Waals surface area (Å²) in [4.78, 5) is 25.0. The maximum Gasteiger partial charge on any atom is 0.418 e. The summed E-state index contributed by atoms with van der Waals surface area (Å²) in [6.07, 6.45) is -4.60. The molecule has 0 unspecified atom stereocenters. The number of halogens is 3. The largest absolute Gasteiger partial charge is 0.418 e. The average molecular weight is 526 g/mol. The summed E-state index contributed by atoms with van der Waals surface area (Å²) >= 11 is 1.02. The fourth-order valence-electron chi connectivity index (χ4n) is 3.54. The van der Waals surface area contributed by atoms with Gasteiger partial charge in [0.05, 0.1) is 23.5 Å². The Morgan fingerprint density at radius 2 is 1.68 bits per heavy atom. The predicted octanol–water partition coefficient (Wildman–Crippen LogP) is 5.26. The highest BCUT2D eigenvalue weighted by Crippen LogP contribution is 2.34. The molecule has 37 heavy (non-hydrogen) atoms. The van der Waals surface area contributed by atoms with Crippen molar-refractivity contribution >= 4 is 29.3 Å². The molecule has 1 heterocycles. The lowest BCUT2D eigenvalue weighted by Crippen LogP contribution is -2.24. The van der Waals surface area contributed by atoms with E-state index in [-0.39, 0.29) is 23.9 Å². The van der Waals surface area contributed by atoms with Crippen LogP contribution in [0, 0.1) is 6.92 Å². The Balaban J connectivity index is 1.52. The van der Waals surface area contributed by atoms with Crippen LogP contribution in [0.5, 0.6) is 0 Å². The normalized spacial score (nSPS) is 11.2. The van der Waals surface area contributed by atoms with Gasteiger partial charge in [-0.25, -0.2) is 0 Å². The van der Waals surface area contributed by atoms with Crippen LogP contribution in [0.2, 0.25) is 0 Å². The number of hydrogen-bond donors (Lipinski definition) is 2. The van der Waals surface area contributed by atoms with Crippen LogP contribution in [0.4, 0.5) is 18.9 Å². The lowest BCUT2D eigenvalue weighted by Gasteiger charge is -2.14. The van der Waals surface area contributed by atoms with E-state index >= 15 is 0 Å². The number of benzene rings is 3. The van der Waals surface area contributed by atoms with E-state index in [9.17, 15) is 22.8 Å². The zero-order valence-corrected chi connectivity index (χ0v) is 20.4. The second-order valence-corrected chi connectivity index (χ2v) is 8.94. The number of hydrogen-bond acceptors (Lipinski definition) is 5. The minimum atomic E-state index is -4.60. The molecule has 0 aliphatic heterocycles. The average Bonchev–Trinajstić information content (AvgIpc) is 3.29. The van der Waals surface area contributed by atoms with Gasteiger partial charge in [-0.1, -0.05) is 54.2 Å². The van der Waals surface area contributed by atoms with Gasteiger partial charge in [0, 0.05) is 11.3 Å². The fraction of sp³-hybridized carbons (Fsp3) is 0.154. The van der Waals surface area contributed by atoms with E-state index in [0.717, 1.165) is 29.1 Å². The van der Waals surface area contributed by atoms with E-state index in [2.05, 4.69) is 20.8 Å². The molecule has 0 saturated heterocycles. The van der Waals surface area contributed by atoms with Crippen LogP contribution in [-0.2, 0) is 17.5 Å². The van der Waals surface area contributed by atoms with Gasteiger partial charge >= 0.3 is 6.18 Å². The lowest BCUT2D eigenvalue weighted by molar-refractivity contribution is -0.137. The molecule has 0 radical (unpaired) electrons. The van der Waals surface area contributed by atoms with Crippen molar-refractivity contribution in [2.45, 2.75) is 24.8 Å². The van der Waals surface area contributed by atoms with E-state index < -0.39 is 17.6 Å². The third-order valence-electron chi connectivity index (χ3n) is 5.24. The number of aryl methyl sites for hydroxylation is 1. The first-order chi connectivity index (χ1) is 17.7. The van der Waals surface area contributed by atoms with Gasteiger partial charge in [0.15, 0.2) is 11.0 Å². The van der Waals surface area contributed by atoms with Crippen LogP contribution in [-0.4, -0.2) is 32.3 Å². The van der Waals surface area contributed by atoms with E-state index in [1.807, 2.05) is 37.3 Å². The molecule has 0 atom stereocenters. The first-order valence-electron chi connectivity index (χ1n) is 11.2. The van der Waals surface area contributed by atoms with Gasteiger partial charge in [-0.2, -0.15) is 13.2 Å². The minimum absolute atomic E-state index is 0.0698. The van der Waals surface area contributed by atoms with E-state index in [4.69, 9.17) is 0 Å². The monoisotopic (exact) mass is 525 g/mol. The predicted molar refractivity (Wildman–Crippen MR) is 135 cm³/mol. The van der Waals surface area contributed by atoms with Crippen LogP contribution >= 0.6 is 11.8 Å². The highest BCUT2D eigenvalue weighted by molar-refractivity contribution is 7.99. The third kappa shape index (κ3) is 6.56. The molecule has 2 N–H and O–H groups in total. The Bertz CT molecular complexity index is 1410. The van der Waals surface area contributed by atoms with Crippen LogP contribution in [0.25, 0.3) is 5.69 Å². The molecular formula is C26H22F3N5O2S. The SMILES string of the molecule is Cc1cccc(-n2c(CNC(=O)c3ccccc3)nnc2SCC(=O)Nc2ccccc2C(F)(F)F)c1. The molecule has 0 saturated carbocycles. The summed E-state index contributed by atoms with van der Waals surface area (Å²) in [6.45, 7) is 1.99. The smallest absolute Gasteiger partial charge is 0.345 e. The number of para-hydroxylation sites is 1. The third-order valence-corrected chi connectivity index (χ3v) is 6.17. The maximum absolute atomic E-state index is 13.3. The summed E-state index contributed by atoms with van der Waals surface area (Å²) in [5.74, 6) is -0.678. The van der Waals surface area contributed by atoms with Gasteiger partial charge in [-0.15, -0.1) is 10.2 Å². The number of amides is 2. The van der Waals surface area contributed by atoms with Crippen molar-refractivity contribution in [3.8, 4) is 5.69 Å². The summed E-state index contributed by atoms with van der Waals surface area (Å²) < 4.78 is 41.5. The highest BCUT2D eigenvalue weighted by Gasteiger charge is 2.33. The first kappa shape index (κ1) is 26.0. The molecule has 190 valence electrons. The molecule has 0 aliphatic carbocycles. The molecule has 3 aromatic carbocycles. The maximum atomic E-state index is 13.3. The van der Waals surface area contributed by atoms with Crippen LogP contribution < -0.4 is 10.6 Å². The van der Waals surface area contributed by atoms with Crippen molar-refractivity contribution in [1.29, 1.82) is 0 Å². The fourth-order valence-corrected chi connectivity index (χ4v) is 4.31. The molecule has 0 aliphatic rings. The molecule has 0 bridgehead atoms. The van der Waals surface area contributed by atoms with Gasteiger partial charge in [-0.05, 0) is 48.9 Å². The molecule has 4 rings (SSSR count). The second kappa shape index (κ2) is 11.3. The Hall–Kier alpha value is -4.12. The van der Waals surface area contributed by atoms with Crippen molar-refractivity contribution < 1.29 is 22.8 Å². The second-order valence-electron chi connectivity index (χ2n) is 8.00. The first-order valence-corrected chi connectivity index (χ1v) is 12.1. The quantitative estimate of drug-likeness (QED) is 0.307. The van der Waals surface area contributed by atoms with Crippen molar-refractivity contribution in [3.05, 3.63) is 101 Å². The van der Waals surface area contributed by atoms with Gasteiger partial charge in [-0.3, -0.25) is 14.2 Å². The summed E-state index contributed by atoms with van der Waals surface area (Å²) in [7, 11) is 0. The number of rotatable bonds is 8. The van der Waals surface area contributed by atoms with Crippen LogP contribution in [0.15, 0.2) is 84.0 Å². The number of carbonyl (C=O) groups excluding carboxylic acids is 2. The zero-order chi connectivity index (χ0) is 26.4. The van der Waals surface area contributed by atoms with Gasteiger partial charge in [0.1, 0.15) is 0 Å². The Labute approximate surface area is 215 Å². The molecule has 0 fully saturated rings. The standard InChI is InChI=1S/C26H22F3N5O2S/c1-17-8-7-11-19(14-17)34-22(15-30-24(36)18-9-3-2-4-10-18)32-33-25(34)37-16-23(35)31-21-13-6-5-12-20(21)26(27,28)29/h2-14H,15-16H2,1H3,(H,30,36)(H,31,35). The van der Waals surface area contributed by atoms with Crippen molar-refractivity contribution in [3.63, 3.8) is 0 Å². The van der Waals surface area contributed by atoms with E-state index in [0.29, 0.717) is 16.5 Å². The molecule has 7 nitrogen and oxygen atoms in total. The van der Waals surface area contributed by atoms with E-state index in [1.54, 1.807) is 28.8 Å². The van der Waals surface area contributed by atoms with Crippen molar-refractivity contribution in [2.75, 3.05) is 11.1 Å². The summed E-state index contributed by atoms with van der Waals surface area (Å²) in [5, 5.41) is 13.9. The molecular weight excluding hydrogens is 503 g/mol. The molecule has 1 aromatic heterocycles. The Morgan fingerprint density at radius 3 is 2.41 bits per heavy atom. The van der Waals surface area contributed by atoms with Crippen molar-refractivity contribution in [1.82, 2.24) is 20.1 Å².